The molecule has 1 aromatic carbocycles. The molecule has 4 aromatic heterocycles. The Morgan fingerprint density at radius 2 is 1.97 bits per heavy atom. The number of aromatic amines is 1. The molecule has 0 aliphatic heterocycles. The summed E-state index contributed by atoms with van der Waals surface area (Å²) < 4.78 is 29.2. The van der Waals surface area contributed by atoms with Gasteiger partial charge in [0.15, 0.2) is 11.5 Å². The van der Waals surface area contributed by atoms with Crippen LogP contribution in [-0.2, 0) is 0 Å². The molecular formula is C23H18F2N6O. The van der Waals surface area contributed by atoms with Crippen molar-refractivity contribution in [2.24, 2.45) is 0 Å². The van der Waals surface area contributed by atoms with E-state index in [-0.39, 0.29) is 6.04 Å². The lowest BCUT2D eigenvalue weighted by molar-refractivity contribution is 0.617. The number of hydrogen-bond donors (Lipinski definition) is 2. The lowest BCUT2D eigenvalue weighted by Crippen LogP contribution is -2.22. The molecule has 0 amide bonds. The van der Waals surface area contributed by atoms with Gasteiger partial charge in [0.2, 0.25) is 0 Å². The van der Waals surface area contributed by atoms with Gasteiger partial charge in [0.05, 0.1) is 17.9 Å². The Morgan fingerprint density at radius 1 is 1.09 bits per heavy atom. The summed E-state index contributed by atoms with van der Waals surface area (Å²) in [6, 6.07) is 10.1. The molecular weight excluding hydrogens is 414 g/mol. The third kappa shape index (κ3) is 3.37. The molecule has 9 heteroatoms. The van der Waals surface area contributed by atoms with Gasteiger partial charge < -0.3 is 10.3 Å². The number of nitrogens with zero attached hydrogens (tertiary/aromatic N) is 4. The second-order valence-corrected chi connectivity index (χ2v) is 7.36. The lowest BCUT2D eigenvalue weighted by Gasteiger charge is -2.22. The number of fused-ring (bicyclic) bond motifs is 2. The number of nitrogens with one attached hydrogen (secondary N) is 2. The maximum absolute atomic E-state index is 14.1. The summed E-state index contributed by atoms with van der Waals surface area (Å²) in [6.45, 7) is 1.96. The molecule has 32 heavy (non-hydrogen) atoms. The monoisotopic (exact) mass is 432 g/mol. The highest BCUT2D eigenvalue weighted by molar-refractivity contribution is 5.82. The van der Waals surface area contributed by atoms with Crippen molar-refractivity contribution in [3.63, 3.8) is 0 Å². The number of hydrogen-bond acceptors (Lipinski definition) is 5. The minimum Gasteiger partial charge on any atom is -0.361 e. The number of anilines is 1. The van der Waals surface area contributed by atoms with E-state index in [1.54, 1.807) is 18.2 Å². The highest BCUT2D eigenvalue weighted by Crippen LogP contribution is 2.32. The van der Waals surface area contributed by atoms with Gasteiger partial charge in [0.1, 0.15) is 23.5 Å². The summed E-state index contributed by atoms with van der Waals surface area (Å²) in [4.78, 5) is 29.1. The standard InChI is InChI=1S/C23H18F2N6O/c1-2-18(30-22-20-21(27-11-26-20)28-12-29-22)17-9-16-7-6-15(25)10-31(16)23(32)19(17)13-4-3-5-14(24)8-13/h3-12,18H,2H2,1H3,(H2,26,27,28,29,30)/t18-/m1/s1. The predicted octanol–water partition coefficient (Wildman–Crippen LogP) is 4.47. The van der Waals surface area contributed by atoms with Crippen molar-refractivity contribution in [1.82, 2.24) is 24.3 Å². The molecule has 7 nitrogen and oxygen atoms in total. The summed E-state index contributed by atoms with van der Waals surface area (Å²) in [5.74, 6) is -0.470. The average Bonchev–Trinajstić information content (AvgIpc) is 3.27. The molecule has 0 bridgehead atoms. The summed E-state index contributed by atoms with van der Waals surface area (Å²) in [7, 11) is 0. The number of aromatic nitrogens is 5. The van der Waals surface area contributed by atoms with Gasteiger partial charge in [-0.3, -0.25) is 9.20 Å². The first-order chi connectivity index (χ1) is 15.5. The third-order valence-corrected chi connectivity index (χ3v) is 5.40. The van der Waals surface area contributed by atoms with E-state index in [1.807, 2.05) is 13.0 Å². The van der Waals surface area contributed by atoms with E-state index in [2.05, 4.69) is 25.3 Å². The van der Waals surface area contributed by atoms with Crippen LogP contribution >= 0.6 is 0 Å². The van der Waals surface area contributed by atoms with Crippen molar-refractivity contribution in [1.29, 1.82) is 0 Å². The van der Waals surface area contributed by atoms with Gasteiger partial charge in [0, 0.05) is 11.7 Å². The number of halogens is 2. The van der Waals surface area contributed by atoms with E-state index < -0.39 is 17.2 Å². The maximum atomic E-state index is 14.1. The van der Waals surface area contributed by atoms with Crippen LogP contribution < -0.4 is 10.9 Å². The normalized spacial score (nSPS) is 12.3. The summed E-state index contributed by atoms with van der Waals surface area (Å²) in [5, 5.41) is 3.36. The molecule has 0 aliphatic rings. The molecule has 0 unspecified atom stereocenters. The molecule has 0 aliphatic carbocycles. The first-order valence-electron chi connectivity index (χ1n) is 10.1. The number of pyridine rings is 2. The van der Waals surface area contributed by atoms with Crippen molar-refractivity contribution in [2.45, 2.75) is 19.4 Å². The second kappa shape index (κ2) is 7.84. The topological polar surface area (TPSA) is 88.0 Å². The van der Waals surface area contributed by atoms with E-state index in [0.29, 0.717) is 45.6 Å². The Bertz CT molecular complexity index is 1510. The maximum Gasteiger partial charge on any atom is 0.263 e. The van der Waals surface area contributed by atoms with Gasteiger partial charge in [-0.2, -0.15) is 0 Å². The van der Waals surface area contributed by atoms with Gasteiger partial charge in [-0.25, -0.2) is 23.7 Å². The van der Waals surface area contributed by atoms with E-state index in [9.17, 15) is 13.6 Å². The fourth-order valence-electron chi connectivity index (χ4n) is 3.90. The molecule has 4 heterocycles. The van der Waals surface area contributed by atoms with E-state index in [4.69, 9.17) is 0 Å². The predicted molar refractivity (Wildman–Crippen MR) is 117 cm³/mol. The molecule has 5 rings (SSSR count). The highest BCUT2D eigenvalue weighted by atomic mass is 19.1. The van der Waals surface area contributed by atoms with E-state index in [0.717, 1.165) is 6.20 Å². The zero-order valence-corrected chi connectivity index (χ0v) is 17.0. The van der Waals surface area contributed by atoms with Gasteiger partial charge >= 0.3 is 0 Å². The van der Waals surface area contributed by atoms with Crippen molar-refractivity contribution < 1.29 is 8.78 Å². The summed E-state index contributed by atoms with van der Waals surface area (Å²) in [5.41, 5.74) is 2.61. The van der Waals surface area contributed by atoms with Gasteiger partial charge in [0.25, 0.3) is 5.56 Å². The minimum atomic E-state index is -0.537. The van der Waals surface area contributed by atoms with E-state index >= 15 is 0 Å². The lowest BCUT2D eigenvalue weighted by atomic mass is 9.94. The Labute approximate surface area is 180 Å². The van der Waals surface area contributed by atoms with Crippen LogP contribution in [-0.4, -0.2) is 24.3 Å². The fraction of sp³-hybridized carbons (Fsp3) is 0.130. The Kier molecular flexibility index (Phi) is 4.85. The fourth-order valence-corrected chi connectivity index (χ4v) is 3.90. The first-order valence-corrected chi connectivity index (χ1v) is 10.1. The Morgan fingerprint density at radius 3 is 2.78 bits per heavy atom. The van der Waals surface area contributed by atoms with Crippen molar-refractivity contribution >= 4 is 22.5 Å². The minimum absolute atomic E-state index is 0.293. The number of benzene rings is 1. The molecule has 0 saturated carbocycles. The number of H-pyrrole nitrogens is 1. The number of imidazole rings is 1. The van der Waals surface area contributed by atoms with Crippen molar-refractivity contribution in [3.05, 3.63) is 88.9 Å². The molecule has 0 radical (unpaired) electrons. The summed E-state index contributed by atoms with van der Waals surface area (Å²) >= 11 is 0. The third-order valence-electron chi connectivity index (χ3n) is 5.40. The first kappa shape index (κ1) is 19.8. The Balaban J connectivity index is 1.74. The number of rotatable bonds is 5. The van der Waals surface area contributed by atoms with Crippen LogP contribution in [0.15, 0.2) is 66.1 Å². The molecule has 5 aromatic rings. The molecule has 1 atom stereocenters. The van der Waals surface area contributed by atoms with Crippen LogP contribution in [0.1, 0.15) is 24.9 Å². The van der Waals surface area contributed by atoms with Crippen LogP contribution in [0, 0.1) is 11.6 Å². The zero-order chi connectivity index (χ0) is 22.2. The molecule has 160 valence electrons. The van der Waals surface area contributed by atoms with Crippen molar-refractivity contribution in [3.8, 4) is 11.1 Å². The SMILES string of the molecule is CC[C@@H](Nc1ncnc2nc[nH]c12)c1cc2ccc(F)cn2c(=O)c1-c1cccc(F)c1. The van der Waals surface area contributed by atoms with Crippen LogP contribution in [0.2, 0.25) is 0 Å². The van der Waals surface area contributed by atoms with Gasteiger partial charge in [-0.1, -0.05) is 19.1 Å². The Hall–Kier alpha value is -4.14. The zero-order valence-electron chi connectivity index (χ0n) is 17.0. The van der Waals surface area contributed by atoms with Gasteiger partial charge in [-0.15, -0.1) is 0 Å². The van der Waals surface area contributed by atoms with Crippen LogP contribution in [0.25, 0.3) is 27.8 Å². The van der Waals surface area contributed by atoms with Crippen LogP contribution in [0.3, 0.4) is 0 Å². The van der Waals surface area contributed by atoms with Gasteiger partial charge in [-0.05, 0) is 47.9 Å². The van der Waals surface area contributed by atoms with Crippen molar-refractivity contribution in [2.75, 3.05) is 5.32 Å². The van der Waals surface area contributed by atoms with Crippen LogP contribution in [0.4, 0.5) is 14.6 Å². The average molecular weight is 432 g/mol. The van der Waals surface area contributed by atoms with E-state index in [1.165, 1.54) is 35.3 Å². The molecule has 2 N–H and O–H groups in total. The largest absolute Gasteiger partial charge is 0.361 e. The van der Waals surface area contributed by atoms with Crippen LogP contribution in [0.5, 0.6) is 0 Å². The highest BCUT2D eigenvalue weighted by Gasteiger charge is 2.22. The smallest absolute Gasteiger partial charge is 0.263 e. The molecule has 0 saturated heterocycles. The molecule has 0 spiro atoms. The second-order valence-electron chi connectivity index (χ2n) is 7.36. The summed E-state index contributed by atoms with van der Waals surface area (Å²) in [6.07, 6.45) is 4.67. The molecule has 0 fully saturated rings. The quantitative estimate of drug-likeness (QED) is 0.428.